The number of aromatic carboxylic acids is 1. The van der Waals surface area contributed by atoms with E-state index >= 15 is 0 Å². The molecule has 5 nitrogen and oxygen atoms in total. The number of carbonyl (C=O) groups is 1. The fraction of sp³-hybridized carbons (Fsp3) is 0.312. The van der Waals surface area contributed by atoms with Gasteiger partial charge in [-0.05, 0) is 37.1 Å². The fourth-order valence-corrected chi connectivity index (χ4v) is 2.14. The summed E-state index contributed by atoms with van der Waals surface area (Å²) in [6.07, 6.45) is 0.816. The Hall–Kier alpha value is -2.27. The standard InChI is InChI=1S/C16H19NO4/c1-11(9-12-5-3-4-6-14(12)20-2)17-10-13-7-8-15(21-13)16(18)19/h3-8,11,17H,9-10H2,1-2H3,(H,18,19). The average molecular weight is 289 g/mol. The average Bonchev–Trinajstić information content (AvgIpc) is 2.95. The third-order valence-electron chi connectivity index (χ3n) is 3.22. The minimum atomic E-state index is -1.05. The molecule has 0 aliphatic rings. The van der Waals surface area contributed by atoms with Crippen LogP contribution in [0.15, 0.2) is 40.8 Å². The number of hydrogen-bond acceptors (Lipinski definition) is 4. The van der Waals surface area contributed by atoms with Gasteiger partial charge in [0.25, 0.3) is 0 Å². The van der Waals surface area contributed by atoms with Gasteiger partial charge in [-0.3, -0.25) is 0 Å². The van der Waals surface area contributed by atoms with Crippen molar-refractivity contribution in [2.75, 3.05) is 7.11 Å². The molecule has 0 saturated heterocycles. The molecule has 1 unspecified atom stereocenters. The van der Waals surface area contributed by atoms with Crippen molar-refractivity contribution in [3.8, 4) is 5.75 Å². The van der Waals surface area contributed by atoms with E-state index in [1.807, 2.05) is 24.3 Å². The molecule has 1 aromatic carbocycles. The number of nitrogens with one attached hydrogen (secondary N) is 1. The predicted octanol–water partition coefficient (Wildman–Crippen LogP) is 2.71. The van der Waals surface area contributed by atoms with Crippen LogP contribution in [-0.4, -0.2) is 24.2 Å². The molecule has 0 saturated carbocycles. The van der Waals surface area contributed by atoms with Gasteiger partial charge in [0.05, 0.1) is 13.7 Å². The third kappa shape index (κ3) is 4.10. The molecule has 5 heteroatoms. The second-order valence-corrected chi connectivity index (χ2v) is 4.87. The lowest BCUT2D eigenvalue weighted by Crippen LogP contribution is -2.27. The Labute approximate surface area is 123 Å². The van der Waals surface area contributed by atoms with Crippen molar-refractivity contribution in [2.24, 2.45) is 0 Å². The van der Waals surface area contributed by atoms with Crippen LogP contribution in [0.25, 0.3) is 0 Å². The Kier molecular flexibility index (Phi) is 5.00. The molecule has 0 aliphatic heterocycles. The molecule has 0 fully saturated rings. The van der Waals surface area contributed by atoms with Crippen LogP contribution < -0.4 is 10.1 Å². The van der Waals surface area contributed by atoms with E-state index < -0.39 is 5.97 Å². The lowest BCUT2D eigenvalue weighted by atomic mass is 10.1. The third-order valence-corrected chi connectivity index (χ3v) is 3.22. The van der Waals surface area contributed by atoms with Crippen molar-refractivity contribution in [3.05, 3.63) is 53.5 Å². The molecule has 0 bridgehead atoms. The van der Waals surface area contributed by atoms with Crippen LogP contribution in [0.5, 0.6) is 5.75 Å². The van der Waals surface area contributed by atoms with E-state index in [-0.39, 0.29) is 11.8 Å². The molecular weight excluding hydrogens is 270 g/mol. The number of para-hydroxylation sites is 1. The molecule has 2 rings (SSSR count). The van der Waals surface area contributed by atoms with Gasteiger partial charge in [0, 0.05) is 6.04 Å². The number of benzene rings is 1. The zero-order valence-corrected chi connectivity index (χ0v) is 12.1. The van der Waals surface area contributed by atoms with Gasteiger partial charge in [-0.2, -0.15) is 0 Å². The van der Waals surface area contributed by atoms with E-state index in [0.717, 1.165) is 17.7 Å². The first-order valence-electron chi connectivity index (χ1n) is 6.77. The Bertz CT molecular complexity index is 606. The summed E-state index contributed by atoms with van der Waals surface area (Å²) in [5.41, 5.74) is 1.13. The maximum absolute atomic E-state index is 10.7. The highest BCUT2D eigenvalue weighted by Crippen LogP contribution is 2.19. The molecular formula is C16H19NO4. The number of furan rings is 1. The summed E-state index contributed by atoms with van der Waals surface area (Å²) in [6, 6.07) is 11.2. The van der Waals surface area contributed by atoms with Crippen LogP contribution in [0, 0.1) is 0 Å². The van der Waals surface area contributed by atoms with Crippen molar-refractivity contribution >= 4 is 5.97 Å². The molecule has 2 aromatic rings. The van der Waals surface area contributed by atoms with E-state index in [1.165, 1.54) is 6.07 Å². The maximum Gasteiger partial charge on any atom is 0.371 e. The number of rotatable bonds is 7. The van der Waals surface area contributed by atoms with Gasteiger partial charge >= 0.3 is 5.97 Å². The molecule has 0 aliphatic carbocycles. The van der Waals surface area contributed by atoms with Crippen LogP contribution in [0.4, 0.5) is 0 Å². The highest BCUT2D eigenvalue weighted by Gasteiger charge is 2.11. The number of ether oxygens (including phenoxy) is 1. The summed E-state index contributed by atoms with van der Waals surface area (Å²) < 4.78 is 10.5. The van der Waals surface area contributed by atoms with Gasteiger partial charge in [-0.1, -0.05) is 18.2 Å². The quantitative estimate of drug-likeness (QED) is 0.820. The monoisotopic (exact) mass is 289 g/mol. The van der Waals surface area contributed by atoms with Crippen molar-refractivity contribution in [3.63, 3.8) is 0 Å². The second kappa shape index (κ2) is 6.95. The zero-order valence-electron chi connectivity index (χ0n) is 12.1. The van der Waals surface area contributed by atoms with E-state index in [4.69, 9.17) is 14.3 Å². The second-order valence-electron chi connectivity index (χ2n) is 4.87. The van der Waals surface area contributed by atoms with E-state index in [0.29, 0.717) is 12.3 Å². The Morgan fingerprint density at radius 3 is 2.76 bits per heavy atom. The first-order chi connectivity index (χ1) is 10.1. The lowest BCUT2D eigenvalue weighted by Gasteiger charge is -2.15. The van der Waals surface area contributed by atoms with Crippen molar-refractivity contribution in [1.29, 1.82) is 0 Å². The summed E-state index contributed by atoms with van der Waals surface area (Å²) >= 11 is 0. The summed E-state index contributed by atoms with van der Waals surface area (Å²) in [7, 11) is 1.66. The van der Waals surface area contributed by atoms with Gasteiger partial charge in [0.1, 0.15) is 11.5 Å². The summed E-state index contributed by atoms with van der Waals surface area (Å²) in [6.45, 7) is 2.55. The largest absolute Gasteiger partial charge is 0.496 e. The van der Waals surface area contributed by atoms with Crippen LogP contribution in [-0.2, 0) is 13.0 Å². The Morgan fingerprint density at radius 2 is 2.10 bits per heavy atom. The molecule has 21 heavy (non-hydrogen) atoms. The predicted molar refractivity (Wildman–Crippen MR) is 78.7 cm³/mol. The van der Waals surface area contributed by atoms with Crippen molar-refractivity contribution in [1.82, 2.24) is 5.32 Å². The minimum absolute atomic E-state index is 0.0378. The van der Waals surface area contributed by atoms with Crippen LogP contribution in [0.2, 0.25) is 0 Å². The fourth-order valence-electron chi connectivity index (χ4n) is 2.14. The molecule has 0 radical (unpaired) electrons. The number of carboxylic acids is 1. The molecule has 0 amide bonds. The van der Waals surface area contributed by atoms with Crippen LogP contribution in [0.1, 0.15) is 28.8 Å². The number of carboxylic acid groups (broad SMARTS) is 1. The Morgan fingerprint density at radius 1 is 1.33 bits per heavy atom. The van der Waals surface area contributed by atoms with Crippen LogP contribution in [0.3, 0.4) is 0 Å². The maximum atomic E-state index is 10.7. The van der Waals surface area contributed by atoms with Gasteiger partial charge in [-0.15, -0.1) is 0 Å². The smallest absolute Gasteiger partial charge is 0.371 e. The van der Waals surface area contributed by atoms with Crippen molar-refractivity contribution in [2.45, 2.75) is 25.9 Å². The van der Waals surface area contributed by atoms with Crippen LogP contribution >= 0.6 is 0 Å². The van der Waals surface area contributed by atoms with E-state index in [1.54, 1.807) is 13.2 Å². The lowest BCUT2D eigenvalue weighted by molar-refractivity contribution is 0.0660. The molecule has 0 spiro atoms. The van der Waals surface area contributed by atoms with Crippen molar-refractivity contribution < 1.29 is 19.1 Å². The summed E-state index contributed by atoms with van der Waals surface area (Å²) in [4.78, 5) is 10.7. The van der Waals surface area contributed by atoms with Gasteiger partial charge in [-0.25, -0.2) is 4.79 Å². The van der Waals surface area contributed by atoms with Gasteiger partial charge in [0.15, 0.2) is 0 Å². The molecule has 1 atom stereocenters. The number of methoxy groups -OCH3 is 1. The first-order valence-corrected chi connectivity index (χ1v) is 6.77. The molecule has 1 aromatic heterocycles. The summed E-state index contributed by atoms with van der Waals surface area (Å²) in [5, 5.41) is 12.1. The van der Waals surface area contributed by atoms with Gasteiger partial charge in [0.2, 0.25) is 5.76 Å². The molecule has 112 valence electrons. The van der Waals surface area contributed by atoms with E-state index in [2.05, 4.69) is 12.2 Å². The molecule has 1 heterocycles. The highest BCUT2D eigenvalue weighted by molar-refractivity contribution is 5.84. The van der Waals surface area contributed by atoms with E-state index in [9.17, 15) is 4.79 Å². The summed E-state index contributed by atoms with van der Waals surface area (Å²) in [5.74, 6) is 0.393. The normalized spacial score (nSPS) is 12.1. The topological polar surface area (TPSA) is 71.7 Å². The number of hydrogen-bond donors (Lipinski definition) is 2. The Balaban J connectivity index is 1.89. The van der Waals surface area contributed by atoms with Gasteiger partial charge < -0.3 is 19.6 Å². The SMILES string of the molecule is COc1ccccc1CC(C)NCc1ccc(C(=O)O)o1. The first kappa shape index (κ1) is 15.1. The zero-order chi connectivity index (χ0) is 15.2. The highest BCUT2D eigenvalue weighted by atomic mass is 16.5. The minimum Gasteiger partial charge on any atom is -0.496 e. The molecule has 2 N–H and O–H groups in total.